The molecule has 0 aliphatic carbocycles. The summed E-state index contributed by atoms with van der Waals surface area (Å²) in [6, 6.07) is 14.9. The van der Waals surface area contributed by atoms with Gasteiger partial charge in [0, 0.05) is 22.8 Å². The van der Waals surface area contributed by atoms with Crippen LogP contribution in [-0.4, -0.2) is 35.3 Å². The van der Waals surface area contributed by atoms with Crippen molar-refractivity contribution in [3.05, 3.63) is 80.2 Å². The summed E-state index contributed by atoms with van der Waals surface area (Å²) in [5, 5.41) is 13.8. The molecule has 0 aliphatic rings. The first-order valence-corrected chi connectivity index (χ1v) is 10.9. The van der Waals surface area contributed by atoms with Crippen molar-refractivity contribution in [2.45, 2.75) is 18.5 Å². The van der Waals surface area contributed by atoms with Gasteiger partial charge in [0.1, 0.15) is 0 Å². The van der Waals surface area contributed by atoms with E-state index in [1.54, 1.807) is 9.36 Å². The molecule has 0 radical (unpaired) electrons. The molecule has 2 heterocycles. The van der Waals surface area contributed by atoms with Gasteiger partial charge in [-0.3, -0.25) is 9.48 Å². The second kappa shape index (κ2) is 8.67. The summed E-state index contributed by atoms with van der Waals surface area (Å²) in [6.45, 7) is 1.87. The van der Waals surface area contributed by atoms with Crippen LogP contribution in [-0.2, 0) is 13.5 Å². The molecule has 0 saturated heterocycles. The number of para-hydroxylation sites is 1. The third-order valence-corrected chi connectivity index (χ3v) is 6.45. The van der Waals surface area contributed by atoms with Crippen LogP contribution >= 0.6 is 35.0 Å². The second-order valence-electron chi connectivity index (χ2n) is 6.58. The monoisotopic (exact) mass is 460 g/mol. The minimum absolute atomic E-state index is 0.190. The Morgan fingerprint density at radius 2 is 1.73 bits per heavy atom. The smallest absolute Gasteiger partial charge is 0.283 e. The molecule has 0 atom stereocenters. The highest BCUT2D eigenvalue weighted by Crippen LogP contribution is 2.27. The zero-order chi connectivity index (χ0) is 21.3. The number of rotatable bonds is 6. The van der Waals surface area contributed by atoms with Crippen molar-refractivity contribution >= 4 is 35.0 Å². The fourth-order valence-electron chi connectivity index (χ4n) is 3.22. The number of thioether (sulfide) groups is 1. The summed E-state index contributed by atoms with van der Waals surface area (Å²) in [5.74, 6) is 0.655. The zero-order valence-corrected chi connectivity index (χ0v) is 18.6. The third kappa shape index (κ3) is 3.78. The van der Waals surface area contributed by atoms with Crippen LogP contribution in [0.5, 0.6) is 0 Å². The molecular formula is C20H18Cl2N6OS. The van der Waals surface area contributed by atoms with Crippen LogP contribution in [0.2, 0.25) is 10.0 Å². The lowest BCUT2D eigenvalue weighted by atomic mass is 10.2. The molecule has 2 aromatic heterocycles. The van der Waals surface area contributed by atoms with E-state index in [-0.39, 0.29) is 5.56 Å². The highest BCUT2D eigenvalue weighted by molar-refractivity contribution is 7.99. The standard InChI is InChI=1S/C20H18Cl2N6OS/c1-13-18(19(29)28(26(13)2)14-7-4-3-5-8-14)27-20(23-24-25-27)30-12-11-15-16(21)9-6-10-17(15)22/h3-10H,11-12H2,1-2H3. The van der Waals surface area contributed by atoms with Crippen molar-refractivity contribution in [1.29, 1.82) is 0 Å². The minimum Gasteiger partial charge on any atom is -0.283 e. The van der Waals surface area contributed by atoms with Gasteiger partial charge in [0.25, 0.3) is 5.56 Å². The topological polar surface area (TPSA) is 70.5 Å². The van der Waals surface area contributed by atoms with E-state index < -0.39 is 0 Å². The van der Waals surface area contributed by atoms with E-state index in [1.807, 2.05) is 62.5 Å². The predicted octanol–water partition coefficient (Wildman–Crippen LogP) is 4.10. The Morgan fingerprint density at radius 1 is 1.03 bits per heavy atom. The van der Waals surface area contributed by atoms with Crippen molar-refractivity contribution in [2.24, 2.45) is 7.05 Å². The molecule has 10 heteroatoms. The number of halogens is 2. The third-order valence-electron chi connectivity index (χ3n) is 4.82. The number of hydrogen-bond acceptors (Lipinski definition) is 5. The second-order valence-corrected chi connectivity index (χ2v) is 8.46. The van der Waals surface area contributed by atoms with E-state index in [4.69, 9.17) is 23.2 Å². The highest BCUT2D eigenvalue weighted by atomic mass is 35.5. The maximum Gasteiger partial charge on any atom is 0.297 e. The average Bonchev–Trinajstić information content (AvgIpc) is 3.27. The van der Waals surface area contributed by atoms with E-state index >= 15 is 0 Å². The summed E-state index contributed by atoms with van der Waals surface area (Å²) in [6.07, 6.45) is 0.651. The molecule has 4 aromatic rings. The Kier molecular flexibility index (Phi) is 5.99. The van der Waals surface area contributed by atoms with Crippen LogP contribution in [0, 0.1) is 6.92 Å². The van der Waals surface area contributed by atoms with Gasteiger partial charge in [-0.25, -0.2) is 4.68 Å². The lowest BCUT2D eigenvalue weighted by molar-refractivity contribution is 0.630. The van der Waals surface area contributed by atoms with Gasteiger partial charge in [-0.1, -0.05) is 59.2 Å². The van der Waals surface area contributed by atoms with Gasteiger partial charge < -0.3 is 0 Å². The zero-order valence-electron chi connectivity index (χ0n) is 16.3. The van der Waals surface area contributed by atoms with Crippen molar-refractivity contribution in [3.8, 4) is 11.4 Å². The summed E-state index contributed by atoms with van der Waals surface area (Å²) < 4.78 is 4.90. The van der Waals surface area contributed by atoms with Gasteiger partial charge in [0.05, 0.1) is 11.4 Å². The lowest BCUT2D eigenvalue weighted by Crippen LogP contribution is -2.22. The normalized spacial score (nSPS) is 11.2. The molecule has 0 bridgehead atoms. The van der Waals surface area contributed by atoms with E-state index in [0.29, 0.717) is 33.1 Å². The van der Waals surface area contributed by atoms with Gasteiger partial charge >= 0.3 is 0 Å². The molecule has 4 rings (SSSR count). The molecule has 0 saturated carbocycles. The van der Waals surface area contributed by atoms with Gasteiger partial charge in [0.15, 0.2) is 5.69 Å². The molecule has 0 aliphatic heterocycles. The van der Waals surface area contributed by atoms with Crippen LogP contribution < -0.4 is 5.56 Å². The molecule has 0 spiro atoms. The molecule has 7 nitrogen and oxygen atoms in total. The molecule has 154 valence electrons. The van der Waals surface area contributed by atoms with Crippen LogP contribution in [0.1, 0.15) is 11.3 Å². The largest absolute Gasteiger partial charge is 0.297 e. The maximum absolute atomic E-state index is 13.2. The number of tetrazole rings is 1. The molecule has 0 unspecified atom stereocenters. The highest BCUT2D eigenvalue weighted by Gasteiger charge is 2.22. The van der Waals surface area contributed by atoms with Crippen molar-refractivity contribution < 1.29 is 0 Å². The lowest BCUT2D eigenvalue weighted by Gasteiger charge is -2.07. The SMILES string of the molecule is Cc1c(-n2nnnc2SCCc2c(Cl)cccc2Cl)c(=O)n(-c2ccccc2)n1C. The minimum atomic E-state index is -0.190. The van der Waals surface area contributed by atoms with Crippen molar-refractivity contribution in [3.63, 3.8) is 0 Å². The Hall–Kier alpha value is -2.55. The van der Waals surface area contributed by atoms with Gasteiger partial charge in [0.2, 0.25) is 5.16 Å². The Bertz CT molecular complexity index is 1230. The van der Waals surface area contributed by atoms with E-state index in [1.165, 1.54) is 16.4 Å². The fraction of sp³-hybridized carbons (Fsp3) is 0.200. The van der Waals surface area contributed by atoms with Crippen LogP contribution in [0.15, 0.2) is 58.5 Å². The Labute approximate surface area is 187 Å². The van der Waals surface area contributed by atoms with Crippen molar-refractivity contribution in [2.75, 3.05) is 5.75 Å². The summed E-state index contributed by atoms with van der Waals surface area (Å²) in [7, 11) is 1.84. The number of benzene rings is 2. The summed E-state index contributed by atoms with van der Waals surface area (Å²) in [5.41, 5.74) is 2.64. The van der Waals surface area contributed by atoms with E-state index in [9.17, 15) is 4.79 Å². The summed E-state index contributed by atoms with van der Waals surface area (Å²) in [4.78, 5) is 13.2. The molecule has 0 N–H and O–H groups in total. The Balaban J connectivity index is 1.63. The molecule has 0 fully saturated rings. The molecular weight excluding hydrogens is 443 g/mol. The molecule has 0 amide bonds. The molecule has 2 aromatic carbocycles. The Morgan fingerprint density at radius 3 is 2.43 bits per heavy atom. The summed E-state index contributed by atoms with van der Waals surface area (Å²) >= 11 is 13.9. The van der Waals surface area contributed by atoms with Gasteiger partial charge in [-0.15, -0.1) is 5.10 Å². The first-order chi connectivity index (χ1) is 14.5. The van der Waals surface area contributed by atoms with Gasteiger partial charge in [-0.05, 0) is 53.6 Å². The van der Waals surface area contributed by atoms with E-state index in [0.717, 1.165) is 16.9 Å². The average molecular weight is 461 g/mol. The van der Waals surface area contributed by atoms with Crippen LogP contribution in [0.4, 0.5) is 0 Å². The molecule has 30 heavy (non-hydrogen) atoms. The van der Waals surface area contributed by atoms with Crippen LogP contribution in [0.25, 0.3) is 11.4 Å². The van der Waals surface area contributed by atoms with Crippen molar-refractivity contribution in [1.82, 2.24) is 29.6 Å². The first-order valence-electron chi connectivity index (χ1n) is 9.17. The van der Waals surface area contributed by atoms with E-state index in [2.05, 4.69) is 15.5 Å². The van der Waals surface area contributed by atoms with Crippen LogP contribution in [0.3, 0.4) is 0 Å². The quantitative estimate of drug-likeness (QED) is 0.405. The fourth-order valence-corrected chi connectivity index (χ4v) is 4.64. The predicted molar refractivity (Wildman–Crippen MR) is 119 cm³/mol. The maximum atomic E-state index is 13.2. The number of nitrogens with zero attached hydrogens (tertiary/aromatic N) is 6. The number of aromatic nitrogens is 6. The van der Waals surface area contributed by atoms with Gasteiger partial charge in [-0.2, -0.15) is 4.68 Å². The number of hydrogen-bond donors (Lipinski definition) is 0. The first kappa shape index (κ1) is 20.7.